The van der Waals surface area contributed by atoms with E-state index in [-0.39, 0.29) is 5.91 Å². The number of anilines is 1. The number of hydrogen-bond acceptors (Lipinski definition) is 5. The first-order valence-corrected chi connectivity index (χ1v) is 9.15. The zero-order valence-corrected chi connectivity index (χ0v) is 16.5. The van der Waals surface area contributed by atoms with Crippen molar-refractivity contribution in [2.75, 3.05) is 19.5 Å². The number of carbonyl (C=O) groups excluding carboxylic acids is 1. The molecule has 4 aromatic rings. The van der Waals surface area contributed by atoms with Gasteiger partial charge in [-0.2, -0.15) is 0 Å². The predicted molar refractivity (Wildman–Crippen MR) is 112 cm³/mol. The monoisotopic (exact) mass is 408 g/mol. The summed E-state index contributed by atoms with van der Waals surface area (Å²) in [6.45, 7) is 0. The third kappa shape index (κ3) is 3.75. The Balaban J connectivity index is 1.63. The molecule has 1 aromatic heterocycles. The van der Waals surface area contributed by atoms with Crippen LogP contribution in [0.4, 0.5) is 5.69 Å². The first kappa shape index (κ1) is 18.8. The second-order valence-electron chi connectivity index (χ2n) is 6.21. The van der Waals surface area contributed by atoms with Crippen LogP contribution >= 0.6 is 11.6 Å². The Hall–Kier alpha value is -3.51. The Labute approximate surface area is 172 Å². The quantitative estimate of drug-likeness (QED) is 0.477. The van der Waals surface area contributed by atoms with Crippen molar-refractivity contribution in [2.45, 2.75) is 0 Å². The molecule has 0 spiro atoms. The number of ether oxygens (including phenoxy) is 2. The Morgan fingerprint density at radius 1 is 1.00 bits per heavy atom. The number of benzene rings is 3. The fourth-order valence-electron chi connectivity index (χ4n) is 2.94. The van der Waals surface area contributed by atoms with Crippen LogP contribution in [0.2, 0.25) is 5.02 Å². The maximum atomic E-state index is 12.7. The van der Waals surface area contributed by atoms with Gasteiger partial charge in [-0.3, -0.25) is 4.79 Å². The molecule has 4 rings (SSSR count). The van der Waals surface area contributed by atoms with Gasteiger partial charge in [0, 0.05) is 11.3 Å². The minimum absolute atomic E-state index is 0.295. The van der Waals surface area contributed by atoms with E-state index in [1.54, 1.807) is 43.5 Å². The molecule has 0 bridgehead atoms. The first-order valence-electron chi connectivity index (χ1n) is 8.78. The van der Waals surface area contributed by atoms with E-state index in [0.717, 1.165) is 5.52 Å². The molecule has 146 valence electrons. The van der Waals surface area contributed by atoms with Crippen molar-refractivity contribution in [3.63, 3.8) is 0 Å². The van der Waals surface area contributed by atoms with E-state index < -0.39 is 0 Å². The van der Waals surface area contributed by atoms with Crippen LogP contribution in [0.15, 0.2) is 65.1 Å². The highest BCUT2D eigenvalue weighted by Gasteiger charge is 2.15. The molecular formula is C22H17ClN2O4. The standard InChI is InChI=1S/C22H17ClN2O4/c1-27-19-10-7-13(11-20(19)28-2)21(26)24-14-8-9-16(23)15(12-14)22-25-17-5-3-4-6-18(17)29-22/h3-12H,1-2H3,(H,24,26). The van der Waals surface area contributed by atoms with E-state index in [2.05, 4.69) is 10.3 Å². The van der Waals surface area contributed by atoms with Gasteiger partial charge in [-0.1, -0.05) is 23.7 Å². The van der Waals surface area contributed by atoms with Crippen LogP contribution in [0.1, 0.15) is 10.4 Å². The zero-order chi connectivity index (χ0) is 20.4. The summed E-state index contributed by atoms with van der Waals surface area (Å²) in [7, 11) is 3.06. The lowest BCUT2D eigenvalue weighted by Gasteiger charge is -2.11. The van der Waals surface area contributed by atoms with Crippen LogP contribution in [0, 0.1) is 0 Å². The molecule has 0 aliphatic carbocycles. The van der Waals surface area contributed by atoms with Gasteiger partial charge in [0.1, 0.15) is 5.52 Å². The van der Waals surface area contributed by atoms with Crippen molar-refractivity contribution < 1.29 is 18.7 Å². The van der Waals surface area contributed by atoms with Crippen molar-refractivity contribution in [1.29, 1.82) is 0 Å². The Morgan fingerprint density at radius 2 is 1.79 bits per heavy atom. The molecule has 0 aliphatic rings. The first-order chi connectivity index (χ1) is 14.1. The van der Waals surface area contributed by atoms with Crippen LogP contribution in [0.5, 0.6) is 11.5 Å². The fourth-order valence-corrected chi connectivity index (χ4v) is 3.13. The fraction of sp³-hybridized carbons (Fsp3) is 0.0909. The average Bonchev–Trinajstić information content (AvgIpc) is 3.18. The lowest BCUT2D eigenvalue weighted by Crippen LogP contribution is -2.12. The normalized spacial score (nSPS) is 10.7. The van der Waals surface area contributed by atoms with Gasteiger partial charge in [-0.15, -0.1) is 0 Å². The summed E-state index contributed by atoms with van der Waals surface area (Å²) >= 11 is 6.34. The third-order valence-corrected chi connectivity index (χ3v) is 4.72. The van der Waals surface area contributed by atoms with Gasteiger partial charge in [-0.25, -0.2) is 4.98 Å². The third-order valence-electron chi connectivity index (χ3n) is 4.39. The van der Waals surface area contributed by atoms with Crippen LogP contribution in [0.25, 0.3) is 22.6 Å². The lowest BCUT2D eigenvalue weighted by atomic mass is 10.1. The summed E-state index contributed by atoms with van der Waals surface area (Å²) in [6, 6.07) is 17.5. The van der Waals surface area contributed by atoms with Crippen LogP contribution in [0.3, 0.4) is 0 Å². The Morgan fingerprint density at radius 3 is 2.55 bits per heavy atom. The number of fused-ring (bicyclic) bond motifs is 1. The number of para-hydroxylation sites is 2. The SMILES string of the molecule is COc1ccc(C(=O)Nc2ccc(Cl)c(-c3nc4ccccc4o3)c2)cc1OC. The van der Waals surface area contributed by atoms with E-state index in [0.29, 0.717) is 44.8 Å². The van der Waals surface area contributed by atoms with Crippen molar-refractivity contribution in [1.82, 2.24) is 4.98 Å². The molecule has 0 fully saturated rings. The van der Waals surface area contributed by atoms with Gasteiger partial charge in [0.25, 0.3) is 5.91 Å². The maximum Gasteiger partial charge on any atom is 0.255 e. The highest BCUT2D eigenvalue weighted by molar-refractivity contribution is 6.33. The van der Waals surface area contributed by atoms with Crippen molar-refractivity contribution in [2.24, 2.45) is 0 Å². The highest BCUT2D eigenvalue weighted by Crippen LogP contribution is 2.33. The number of aromatic nitrogens is 1. The van der Waals surface area contributed by atoms with Gasteiger partial charge < -0.3 is 19.2 Å². The molecule has 0 saturated carbocycles. The Kier molecular flexibility index (Phi) is 5.10. The van der Waals surface area contributed by atoms with Gasteiger partial charge in [0.05, 0.1) is 24.8 Å². The topological polar surface area (TPSA) is 73.6 Å². The van der Waals surface area contributed by atoms with E-state index in [9.17, 15) is 4.79 Å². The molecule has 7 heteroatoms. The predicted octanol–water partition coefficient (Wildman–Crippen LogP) is 5.42. The van der Waals surface area contributed by atoms with E-state index >= 15 is 0 Å². The molecule has 0 atom stereocenters. The second-order valence-corrected chi connectivity index (χ2v) is 6.61. The minimum Gasteiger partial charge on any atom is -0.493 e. The molecule has 6 nitrogen and oxygen atoms in total. The molecule has 0 aliphatic heterocycles. The van der Waals surface area contributed by atoms with Gasteiger partial charge in [0.2, 0.25) is 5.89 Å². The molecular weight excluding hydrogens is 392 g/mol. The molecule has 0 saturated heterocycles. The molecule has 3 aromatic carbocycles. The van der Waals surface area contributed by atoms with Crippen molar-refractivity contribution >= 4 is 34.3 Å². The number of amides is 1. The number of methoxy groups -OCH3 is 2. The minimum atomic E-state index is -0.295. The molecule has 1 amide bonds. The van der Waals surface area contributed by atoms with E-state index in [1.165, 1.54) is 7.11 Å². The van der Waals surface area contributed by atoms with Gasteiger partial charge in [-0.05, 0) is 48.5 Å². The second kappa shape index (κ2) is 7.85. The Bertz CT molecular complexity index is 1170. The highest BCUT2D eigenvalue weighted by atomic mass is 35.5. The zero-order valence-electron chi connectivity index (χ0n) is 15.7. The number of halogens is 1. The molecule has 1 N–H and O–H groups in total. The summed E-state index contributed by atoms with van der Waals surface area (Å²) in [5.74, 6) is 1.12. The van der Waals surface area contributed by atoms with Crippen LogP contribution < -0.4 is 14.8 Å². The number of oxazole rings is 1. The summed E-state index contributed by atoms with van der Waals surface area (Å²) in [5, 5.41) is 3.33. The lowest BCUT2D eigenvalue weighted by molar-refractivity contribution is 0.102. The van der Waals surface area contributed by atoms with Crippen molar-refractivity contribution in [3.8, 4) is 23.0 Å². The molecule has 29 heavy (non-hydrogen) atoms. The summed E-state index contributed by atoms with van der Waals surface area (Å²) in [5.41, 5.74) is 2.98. The summed E-state index contributed by atoms with van der Waals surface area (Å²) < 4.78 is 16.3. The number of nitrogens with zero attached hydrogens (tertiary/aromatic N) is 1. The molecule has 0 unspecified atom stereocenters. The van der Waals surface area contributed by atoms with Gasteiger partial charge >= 0.3 is 0 Å². The largest absolute Gasteiger partial charge is 0.493 e. The van der Waals surface area contributed by atoms with E-state index in [4.69, 9.17) is 25.5 Å². The number of nitrogens with one attached hydrogen (secondary N) is 1. The van der Waals surface area contributed by atoms with Crippen molar-refractivity contribution in [3.05, 3.63) is 71.2 Å². The molecule has 0 radical (unpaired) electrons. The van der Waals surface area contributed by atoms with Crippen LogP contribution in [-0.2, 0) is 0 Å². The van der Waals surface area contributed by atoms with Crippen LogP contribution in [-0.4, -0.2) is 25.1 Å². The number of carbonyl (C=O) groups is 1. The smallest absolute Gasteiger partial charge is 0.255 e. The molecule has 1 heterocycles. The van der Waals surface area contributed by atoms with E-state index in [1.807, 2.05) is 24.3 Å². The summed E-state index contributed by atoms with van der Waals surface area (Å²) in [6.07, 6.45) is 0. The average molecular weight is 409 g/mol. The summed E-state index contributed by atoms with van der Waals surface area (Å²) in [4.78, 5) is 17.1. The number of hydrogen-bond donors (Lipinski definition) is 1. The maximum absolute atomic E-state index is 12.7. The number of rotatable bonds is 5. The van der Waals surface area contributed by atoms with Gasteiger partial charge in [0.15, 0.2) is 17.1 Å².